The minimum atomic E-state index is -1.40. The number of nitrogens with one attached hydrogen (secondary N) is 3. The van der Waals surface area contributed by atoms with Crippen molar-refractivity contribution in [3.63, 3.8) is 0 Å². The predicted octanol–water partition coefficient (Wildman–Crippen LogP) is 4.59. The van der Waals surface area contributed by atoms with Crippen molar-refractivity contribution in [3.05, 3.63) is 94.1 Å². The van der Waals surface area contributed by atoms with E-state index in [1.807, 2.05) is 39.8 Å². The van der Waals surface area contributed by atoms with Gasteiger partial charge in [0.05, 0.1) is 16.8 Å². The lowest BCUT2D eigenvalue weighted by Gasteiger charge is -2.38. The third-order valence-corrected chi connectivity index (χ3v) is 9.06. The quantitative estimate of drug-likeness (QED) is 0.125. The summed E-state index contributed by atoms with van der Waals surface area (Å²) >= 11 is 0. The van der Waals surface area contributed by atoms with Crippen LogP contribution in [0.4, 0.5) is 17.1 Å². The van der Waals surface area contributed by atoms with Crippen molar-refractivity contribution in [2.45, 2.75) is 57.1 Å². The van der Waals surface area contributed by atoms with Gasteiger partial charge in [-0.05, 0) is 80.4 Å². The van der Waals surface area contributed by atoms with Crippen LogP contribution in [-0.4, -0.2) is 51.5 Å². The molecule has 0 saturated carbocycles. The van der Waals surface area contributed by atoms with Crippen molar-refractivity contribution in [1.82, 2.24) is 0 Å². The third kappa shape index (κ3) is 4.10. The van der Waals surface area contributed by atoms with Crippen molar-refractivity contribution in [1.29, 1.82) is 0 Å². The maximum absolute atomic E-state index is 14.2. The number of epoxide rings is 1. The minimum absolute atomic E-state index is 0.0221. The number of ether oxygens (including phenoxy) is 1. The molecule has 1 saturated heterocycles. The van der Waals surface area contributed by atoms with Crippen LogP contribution in [0.15, 0.2) is 60.7 Å². The molecule has 0 aromatic heterocycles. The van der Waals surface area contributed by atoms with E-state index in [0.717, 1.165) is 5.69 Å². The Kier molecular flexibility index (Phi) is 6.61. The van der Waals surface area contributed by atoms with Gasteiger partial charge in [0.15, 0.2) is 23.3 Å². The zero-order valence-electron chi connectivity index (χ0n) is 25.6. The number of fused-ring (bicyclic) bond motifs is 4. The van der Waals surface area contributed by atoms with Crippen LogP contribution in [0.1, 0.15) is 75.5 Å². The fourth-order valence-electron chi connectivity index (χ4n) is 7.01. The summed E-state index contributed by atoms with van der Waals surface area (Å²) in [6, 6.07) is 12.5. The van der Waals surface area contributed by atoms with Crippen LogP contribution in [0.5, 0.6) is 5.75 Å². The van der Waals surface area contributed by atoms with Crippen LogP contribution in [0, 0.1) is 29.6 Å². The molecule has 2 aliphatic heterocycles. The van der Waals surface area contributed by atoms with E-state index >= 15 is 0 Å². The molecule has 5 N–H and O–H groups in total. The summed E-state index contributed by atoms with van der Waals surface area (Å²) in [6.07, 6.45) is 1.80. The monoisotopic (exact) mass is 613 g/mol. The van der Waals surface area contributed by atoms with Crippen molar-refractivity contribution in [3.8, 4) is 29.4 Å². The highest BCUT2D eigenvalue weighted by Crippen LogP contribution is 2.68. The first kappa shape index (κ1) is 29.4. The number of rotatable bonds is 5. The van der Waals surface area contributed by atoms with E-state index in [2.05, 4.69) is 39.6 Å². The van der Waals surface area contributed by atoms with Gasteiger partial charge < -0.3 is 30.9 Å². The van der Waals surface area contributed by atoms with Crippen LogP contribution in [0.2, 0.25) is 0 Å². The Hall–Kier alpha value is -5.35. The number of aliphatic hydroxyl groups is 1. The van der Waals surface area contributed by atoms with Gasteiger partial charge in [-0.3, -0.25) is 14.4 Å². The van der Waals surface area contributed by atoms with Gasteiger partial charge in [0, 0.05) is 39.7 Å². The first-order chi connectivity index (χ1) is 22.0. The van der Waals surface area contributed by atoms with Crippen LogP contribution in [-0.2, 0) is 10.3 Å². The summed E-state index contributed by atoms with van der Waals surface area (Å²) in [7, 11) is 0. The van der Waals surface area contributed by atoms with Gasteiger partial charge in [0.1, 0.15) is 17.4 Å². The fraction of sp³-hybridized carbons (Fsp3) is 0.270. The lowest BCUT2D eigenvalue weighted by Crippen LogP contribution is -2.52. The van der Waals surface area contributed by atoms with Gasteiger partial charge in [-0.25, -0.2) is 0 Å². The summed E-state index contributed by atoms with van der Waals surface area (Å²) < 4.78 is 6.44. The Labute approximate surface area is 266 Å². The molecule has 2 heterocycles. The number of ketones is 2. The third-order valence-electron chi connectivity index (χ3n) is 9.06. The number of hydrogen-bond acceptors (Lipinski definition) is 8. The second-order valence-electron chi connectivity index (χ2n) is 12.5. The summed E-state index contributed by atoms with van der Waals surface area (Å²) in [5, 5.41) is 32.2. The van der Waals surface area contributed by atoms with Crippen molar-refractivity contribution >= 4 is 34.5 Å². The molecule has 1 fully saturated rings. The van der Waals surface area contributed by atoms with E-state index in [-0.39, 0.29) is 45.8 Å². The fourth-order valence-corrected chi connectivity index (χ4v) is 7.01. The van der Waals surface area contributed by atoms with Crippen LogP contribution < -0.4 is 16.0 Å². The molecule has 0 spiro atoms. The molecule has 1 amide bonds. The summed E-state index contributed by atoms with van der Waals surface area (Å²) in [5.41, 5.74) is -0.205. The van der Waals surface area contributed by atoms with Gasteiger partial charge in [0.2, 0.25) is 0 Å². The van der Waals surface area contributed by atoms with Crippen molar-refractivity contribution in [2.75, 3.05) is 16.0 Å². The molecule has 7 rings (SSSR count). The van der Waals surface area contributed by atoms with Gasteiger partial charge in [0.25, 0.3) is 5.91 Å². The topological polar surface area (TPSA) is 140 Å². The molecular formula is C37H31N3O6. The smallest absolute Gasteiger partial charge is 0.255 e. The van der Waals surface area contributed by atoms with E-state index in [1.54, 1.807) is 24.3 Å². The molecule has 3 aromatic carbocycles. The number of allylic oxidation sites excluding steroid dienone is 2. The largest absolute Gasteiger partial charge is 0.507 e. The van der Waals surface area contributed by atoms with E-state index < -0.39 is 40.7 Å². The number of aliphatic hydroxyl groups excluding tert-OH is 1. The number of phenols is 1. The Bertz CT molecular complexity index is 2020. The SMILES string of the molecule is CC(C)Nc1ccc(C(=O)Nc2ccc3c(c2)C(=O)c2c(O)cc4c(c2C3=O)N[C@H]2C#C/C=C\C#C[C@@H](O)[C@@]43O[C@@]23C(C)C)cc1. The Morgan fingerprint density at radius 2 is 1.59 bits per heavy atom. The number of carbonyl (C=O) groups is 3. The number of hydrogen-bond donors (Lipinski definition) is 5. The lowest BCUT2D eigenvalue weighted by atomic mass is 9.67. The predicted molar refractivity (Wildman–Crippen MR) is 173 cm³/mol. The summed E-state index contributed by atoms with van der Waals surface area (Å²) in [4.78, 5) is 41.2. The average molecular weight is 614 g/mol. The normalized spacial score (nSPS) is 25.3. The van der Waals surface area contributed by atoms with Gasteiger partial charge in [-0.1, -0.05) is 37.5 Å². The number of amides is 1. The van der Waals surface area contributed by atoms with Gasteiger partial charge in [-0.2, -0.15) is 0 Å². The number of phenolic OH excluding ortho intramolecular Hbond substituents is 1. The van der Waals surface area contributed by atoms with Crippen LogP contribution >= 0.6 is 0 Å². The highest BCUT2D eigenvalue weighted by molar-refractivity contribution is 6.31. The number of aromatic hydroxyl groups is 1. The van der Waals surface area contributed by atoms with E-state index in [9.17, 15) is 24.6 Å². The molecule has 9 nitrogen and oxygen atoms in total. The number of carbonyl (C=O) groups excluding carboxylic acids is 3. The molecular weight excluding hydrogens is 582 g/mol. The average Bonchev–Trinajstić information content (AvgIpc) is 3.75. The standard InChI is InChI=1S/C37H31N3O6/c1-19(2)36-28-9-7-5-6-8-10-29(42)37(36,46-36)26-18-27(41)30-31(32(26)40-28)33(43)24-16-15-23(17-25(24)34(30)44)39-35(45)21-11-13-22(14-12-21)38-20(3)4/h5-6,11-20,28-29,38,40-42H,1-4H3,(H,39,45)/b6-5-/t28-,29+,36-,37-/m0/s1. The van der Waals surface area contributed by atoms with Crippen LogP contribution in [0.25, 0.3) is 0 Å². The van der Waals surface area contributed by atoms with Crippen LogP contribution in [0.3, 0.4) is 0 Å². The highest BCUT2D eigenvalue weighted by atomic mass is 16.6. The maximum atomic E-state index is 14.2. The van der Waals surface area contributed by atoms with E-state index in [1.165, 1.54) is 24.3 Å². The van der Waals surface area contributed by atoms with Gasteiger partial charge in [-0.15, -0.1) is 0 Å². The molecule has 9 heteroatoms. The molecule has 4 aliphatic rings. The Morgan fingerprint density at radius 1 is 0.913 bits per heavy atom. The highest BCUT2D eigenvalue weighted by Gasteiger charge is 2.81. The molecule has 230 valence electrons. The van der Waals surface area contributed by atoms with Gasteiger partial charge >= 0.3 is 0 Å². The second kappa shape index (κ2) is 10.3. The zero-order chi connectivity index (χ0) is 32.5. The molecule has 46 heavy (non-hydrogen) atoms. The molecule has 0 unspecified atom stereocenters. The summed E-state index contributed by atoms with van der Waals surface area (Å²) in [6.45, 7) is 7.94. The Balaban J connectivity index is 1.28. The van der Waals surface area contributed by atoms with Crippen molar-refractivity contribution < 1.29 is 29.3 Å². The maximum Gasteiger partial charge on any atom is 0.255 e. The Morgan fingerprint density at radius 3 is 2.28 bits per heavy atom. The number of benzene rings is 3. The van der Waals surface area contributed by atoms with E-state index in [4.69, 9.17) is 4.74 Å². The molecule has 0 radical (unpaired) electrons. The van der Waals surface area contributed by atoms with Crippen molar-refractivity contribution in [2.24, 2.45) is 5.92 Å². The molecule has 4 atom stereocenters. The van der Waals surface area contributed by atoms with E-state index in [0.29, 0.717) is 16.8 Å². The minimum Gasteiger partial charge on any atom is -0.507 e. The molecule has 3 aromatic rings. The zero-order valence-corrected chi connectivity index (χ0v) is 25.6. The first-order valence-electron chi connectivity index (χ1n) is 15.1. The molecule has 2 aliphatic carbocycles. The molecule has 2 bridgehead atoms. The lowest BCUT2D eigenvalue weighted by molar-refractivity contribution is 0.0975. The second-order valence-corrected chi connectivity index (χ2v) is 12.5. The summed E-state index contributed by atoms with van der Waals surface area (Å²) in [5.74, 6) is 9.70. The first-order valence-corrected chi connectivity index (χ1v) is 15.1. The number of anilines is 3.